The van der Waals surface area contributed by atoms with Gasteiger partial charge in [0.2, 0.25) is 0 Å². The van der Waals surface area contributed by atoms with Crippen LogP contribution in [0.3, 0.4) is 0 Å². The summed E-state index contributed by atoms with van der Waals surface area (Å²) in [5, 5.41) is 17.9. The fraction of sp³-hybridized carbons (Fsp3) is 0.200. The van der Waals surface area contributed by atoms with Gasteiger partial charge in [-0.2, -0.15) is 5.26 Å². The standard InChI is InChI=1S/C10H7F2NO3/c1-16-10(15)5-2-3-7(14)8(9(11)12)6(5)4-13/h2-3,9,14H,1H3. The van der Waals surface area contributed by atoms with Gasteiger partial charge in [0.05, 0.1) is 23.8 Å². The van der Waals surface area contributed by atoms with Gasteiger partial charge in [0.25, 0.3) is 6.43 Å². The summed E-state index contributed by atoms with van der Waals surface area (Å²) in [6.45, 7) is 0. The van der Waals surface area contributed by atoms with Gasteiger partial charge in [0, 0.05) is 0 Å². The lowest BCUT2D eigenvalue weighted by Crippen LogP contribution is -2.06. The fourth-order valence-electron chi connectivity index (χ4n) is 1.23. The zero-order valence-corrected chi connectivity index (χ0v) is 8.20. The maximum absolute atomic E-state index is 12.6. The van der Waals surface area contributed by atoms with E-state index in [9.17, 15) is 18.7 Å². The molecule has 0 bridgehead atoms. The van der Waals surface area contributed by atoms with Crippen molar-refractivity contribution in [2.45, 2.75) is 6.43 Å². The highest BCUT2D eigenvalue weighted by molar-refractivity contribution is 5.93. The Hall–Kier alpha value is -2.16. The molecule has 0 heterocycles. The number of hydrogen-bond acceptors (Lipinski definition) is 4. The van der Waals surface area contributed by atoms with Crippen molar-refractivity contribution in [3.05, 3.63) is 28.8 Å². The Bertz CT molecular complexity index is 466. The Balaban J connectivity index is 3.51. The van der Waals surface area contributed by atoms with Crippen LogP contribution >= 0.6 is 0 Å². The Morgan fingerprint density at radius 2 is 2.19 bits per heavy atom. The molecule has 0 atom stereocenters. The molecule has 0 saturated heterocycles. The molecule has 1 rings (SSSR count). The normalized spacial score (nSPS) is 9.94. The minimum Gasteiger partial charge on any atom is -0.507 e. The van der Waals surface area contributed by atoms with Crippen molar-refractivity contribution >= 4 is 5.97 Å². The molecule has 84 valence electrons. The maximum atomic E-state index is 12.6. The first kappa shape index (κ1) is 11.9. The molecule has 1 aromatic rings. The maximum Gasteiger partial charge on any atom is 0.339 e. The van der Waals surface area contributed by atoms with Crippen LogP contribution in [0.2, 0.25) is 0 Å². The van der Waals surface area contributed by atoms with Crippen LogP contribution in [0, 0.1) is 11.3 Å². The van der Waals surface area contributed by atoms with E-state index in [-0.39, 0.29) is 5.56 Å². The smallest absolute Gasteiger partial charge is 0.339 e. The number of phenolic OH excluding ortho intramolecular Hbond substituents is 1. The summed E-state index contributed by atoms with van der Waals surface area (Å²) in [4.78, 5) is 11.2. The van der Waals surface area contributed by atoms with Crippen molar-refractivity contribution in [2.75, 3.05) is 7.11 Å². The number of halogens is 2. The molecule has 0 aromatic heterocycles. The zero-order chi connectivity index (χ0) is 12.3. The predicted molar refractivity (Wildman–Crippen MR) is 49.1 cm³/mol. The number of esters is 1. The number of rotatable bonds is 2. The van der Waals surface area contributed by atoms with E-state index in [1.165, 1.54) is 6.07 Å². The summed E-state index contributed by atoms with van der Waals surface area (Å²) < 4.78 is 29.5. The number of aromatic hydroxyl groups is 1. The molecule has 1 aromatic carbocycles. The molecule has 6 heteroatoms. The monoisotopic (exact) mass is 227 g/mol. The van der Waals surface area contributed by atoms with Crippen LogP contribution in [0.5, 0.6) is 5.75 Å². The largest absolute Gasteiger partial charge is 0.507 e. The number of methoxy groups -OCH3 is 1. The van der Waals surface area contributed by atoms with Crippen LogP contribution in [-0.4, -0.2) is 18.2 Å². The van der Waals surface area contributed by atoms with Gasteiger partial charge in [-0.05, 0) is 12.1 Å². The minimum absolute atomic E-state index is 0.293. The summed E-state index contributed by atoms with van der Waals surface area (Å²) in [6.07, 6.45) is -3.04. The SMILES string of the molecule is COC(=O)c1ccc(O)c(C(F)F)c1C#N. The summed E-state index contributed by atoms with van der Waals surface area (Å²) in [7, 11) is 1.07. The van der Waals surface area contributed by atoms with Crippen molar-refractivity contribution < 1.29 is 23.4 Å². The minimum atomic E-state index is -3.04. The molecular weight excluding hydrogens is 220 g/mol. The number of nitriles is 1. The molecule has 0 amide bonds. The van der Waals surface area contributed by atoms with Crippen LogP contribution < -0.4 is 0 Å². The Morgan fingerprint density at radius 3 is 2.62 bits per heavy atom. The second-order valence-corrected chi connectivity index (χ2v) is 2.83. The van der Waals surface area contributed by atoms with Crippen LogP contribution in [0.15, 0.2) is 12.1 Å². The third-order valence-electron chi connectivity index (χ3n) is 1.96. The number of hydrogen-bond donors (Lipinski definition) is 1. The Labute approximate surface area is 89.7 Å². The number of carbonyl (C=O) groups is 1. The van der Waals surface area contributed by atoms with E-state index in [1.54, 1.807) is 0 Å². The first-order valence-electron chi connectivity index (χ1n) is 4.15. The molecule has 0 fully saturated rings. The van der Waals surface area contributed by atoms with Crippen LogP contribution in [0.25, 0.3) is 0 Å². The van der Waals surface area contributed by atoms with Crippen molar-refractivity contribution in [2.24, 2.45) is 0 Å². The van der Waals surface area contributed by atoms with Crippen molar-refractivity contribution in [1.82, 2.24) is 0 Å². The van der Waals surface area contributed by atoms with Gasteiger partial charge in [-0.15, -0.1) is 0 Å². The average Bonchev–Trinajstić information content (AvgIpc) is 2.26. The molecule has 0 aliphatic rings. The summed E-state index contributed by atoms with van der Waals surface area (Å²) in [6, 6.07) is 3.45. The van der Waals surface area contributed by atoms with Crippen molar-refractivity contribution in [3.8, 4) is 11.8 Å². The van der Waals surface area contributed by atoms with E-state index >= 15 is 0 Å². The van der Waals surface area contributed by atoms with Crippen molar-refractivity contribution in [3.63, 3.8) is 0 Å². The van der Waals surface area contributed by atoms with E-state index in [2.05, 4.69) is 4.74 Å². The highest BCUT2D eigenvalue weighted by Crippen LogP contribution is 2.33. The van der Waals surface area contributed by atoms with Gasteiger partial charge in [-0.3, -0.25) is 0 Å². The molecule has 1 N–H and O–H groups in total. The van der Waals surface area contributed by atoms with E-state index in [0.29, 0.717) is 0 Å². The second kappa shape index (κ2) is 4.57. The lowest BCUT2D eigenvalue weighted by molar-refractivity contribution is 0.0600. The van der Waals surface area contributed by atoms with Gasteiger partial charge < -0.3 is 9.84 Å². The van der Waals surface area contributed by atoms with E-state index in [1.807, 2.05) is 0 Å². The van der Waals surface area contributed by atoms with Gasteiger partial charge in [0.15, 0.2) is 0 Å². The number of ether oxygens (including phenoxy) is 1. The third kappa shape index (κ3) is 1.93. The van der Waals surface area contributed by atoms with Crippen LogP contribution in [0.1, 0.15) is 27.9 Å². The molecule has 16 heavy (non-hydrogen) atoms. The number of carbonyl (C=O) groups excluding carboxylic acids is 1. The zero-order valence-electron chi connectivity index (χ0n) is 8.20. The summed E-state index contributed by atoms with van der Waals surface area (Å²) in [5.41, 5.74) is -1.72. The Kier molecular flexibility index (Phi) is 3.40. The lowest BCUT2D eigenvalue weighted by Gasteiger charge is -2.09. The highest BCUT2D eigenvalue weighted by Gasteiger charge is 2.24. The molecular formula is C10H7F2NO3. The molecule has 0 spiro atoms. The molecule has 0 aliphatic heterocycles. The number of benzene rings is 1. The molecule has 0 saturated carbocycles. The predicted octanol–water partition coefficient (Wildman–Crippen LogP) is 1.99. The van der Waals surface area contributed by atoms with Gasteiger partial charge in [-0.25, -0.2) is 13.6 Å². The second-order valence-electron chi connectivity index (χ2n) is 2.83. The number of phenols is 1. The lowest BCUT2D eigenvalue weighted by atomic mass is 10.0. The fourth-order valence-corrected chi connectivity index (χ4v) is 1.23. The summed E-state index contributed by atoms with van der Waals surface area (Å²) in [5.74, 6) is -1.63. The quantitative estimate of drug-likeness (QED) is 0.784. The average molecular weight is 227 g/mol. The van der Waals surface area contributed by atoms with E-state index in [4.69, 9.17) is 5.26 Å². The first-order chi connectivity index (χ1) is 7.52. The topological polar surface area (TPSA) is 70.3 Å². The van der Waals surface area contributed by atoms with Gasteiger partial charge >= 0.3 is 5.97 Å². The van der Waals surface area contributed by atoms with Crippen LogP contribution in [-0.2, 0) is 4.74 Å². The number of nitrogens with zero attached hydrogens (tertiary/aromatic N) is 1. The molecule has 0 radical (unpaired) electrons. The summed E-state index contributed by atoms with van der Waals surface area (Å²) >= 11 is 0. The Morgan fingerprint density at radius 1 is 1.56 bits per heavy atom. The van der Waals surface area contributed by atoms with Gasteiger partial charge in [-0.1, -0.05) is 0 Å². The van der Waals surface area contributed by atoms with E-state index < -0.39 is 29.3 Å². The van der Waals surface area contributed by atoms with Gasteiger partial charge in [0.1, 0.15) is 11.8 Å². The molecule has 0 aliphatic carbocycles. The third-order valence-corrected chi connectivity index (χ3v) is 1.96. The van der Waals surface area contributed by atoms with Crippen LogP contribution in [0.4, 0.5) is 8.78 Å². The van der Waals surface area contributed by atoms with Crippen molar-refractivity contribution in [1.29, 1.82) is 5.26 Å². The molecule has 4 nitrogen and oxygen atoms in total. The first-order valence-corrected chi connectivity index (χ1v) is 4.15. The highest BCUT2D eigenvalue weighted by atomic mass is 19.3. The number of alkyl halides is 2. The van der Waals surface area contributed by atoms with E-state index in [0.717, 1.165) is 19.2 Å². The molecule has 0 unspecified atom stereocenters.